The number of likely N-dealkylation sites (tertiary alicyclic amines) is 1. The molecule has 2 aliphatic heterocycles. The van der Waals surface area contributed by atoms with Gasteiger partial charge in [0.05, 0.1) is 6.54 Å². The van der Waals surface area contributed by atoms with E-state index >= 15 is 0 Å². The van der Waals surface area contributed by atoms with Gasteiger partial charge in [0.15, 0.2) is 6.10 Å². The van der Waals surface area contributed by atoms with Crippen molar-refractivity contribution in [3.63, 3.8) is 0 Å². The number of piperidine rings is 1. The zero-order chi connectivity index (χ0) is 11.5. The average Bonchev–Trinajstić information content (AvgIpc) is 2.70. The minimum atomic E-state index is -0.862. The van der Waals surface area contributed by atoms with E-state index in [-0.39, 0.29) is 0 Å². The number of carboxylic acid groups (broad SMARTS) is 1. The van der Waals surface area contributed by atoms with Crippen molar-refractivity contribution in [2.75, 3.05) is 19.6 Å². The molecule has 16 heavy (non-hydrogen) atoms. The van der Waals surface area contributed by atoms with Crippen molar-refractivity contribution < 1.29 is 14.6 Å². The van der Waals surface area contributed by atoms with E-state index in [1.165, 1.54) is 12.8 Å². The lowest BCUT2D eigenvalue weighted by atomic mass is 9.99. The van der Waals surface area contributed by atoms with E-state index < -0.39 is 12.1 Å². The molecule has 90 valence electrons. The maximum absolute atomic E-state index is 10.7. The number of ether oxygens (including phenoxy) is 1. The van der Waals surface area contributed by atoms with E-state index in [2.05, 4.69) is 11.8 Å². The number of aliphatic carboxylic acids is 1. The van der Waals surface area contributed by atoms with Crippen LogP contribution in [-0.4, -0.2) is 41.7 Å². The van der Waals surface area contributed by atoms with Gasteiger partial charge >= 0.3 is 5.97 Å². The zero-order valence-corrected chi connectivity index (χ0v) is 9.69. The number of nitrogens with zero attached hydrogens (tertiary/aromatic N) is 1. The van der Waals surface area contributed by atoms with Crippen molar-refractivity contribution in [1.82, 2.24) is 4.90 Å². The van der Waals surface area contributed by atoms with Gasteiger partial charge in [0.25, 0.3) is 0 Å². The lowest BCUT2D eigenvalue weighted by Crippen LogP contribution is -2.34. The van der Waals surface area contributed by atoms with Gasteiger partial charge in [0.2, 0.25) is 0 Å². The first-order chi connectivity index (χ1) is 7.65. The number of hydrogen-bond acceptors (Lipinski definition) is 3. The minimum absolute atomic E-state index is 0.509. The second-order valence-corrected chi connectivity index (χ2v) is 4.81. The van der Waals surface area contributed by atoms with Crippen LogP contribution >= 0.6 is 0 Å². The molecule has 1 saturated heterocycles. The molecule has 0 aromatic heterocycles. The fourth-order valence-electron chi connectivity index (χ4n) is 2.21. The lowest BCUT2D eigenvalue weighted by molar-refractivity contribution is -0.146. The lowest BCUT2D eigenvalue weighted by Gasteiger charge is -2.30. The fraction of sp³-hybridized carbons (Fsp3) is 0.750. The Hall–Kier alpha value is -1.03. The second-order valence-electron chi connectivity index (χ2n) is 4.81. The van der Waals surface area contributed by atoms with Crippen LogP contribution in [0.25, 0.3) is 0 Å². The molecule has 1 atom stereocenters. The fourth-order valence-corrected chi connectivity index (χ4v) is 2.21. The minimum Gasteiger partial charge on any atom is -0.482 e. The molecule has 0 radical (unpaired) electrons. The molecule has 4 heteroatoms. The maximum Gasteiger partial charge on any atom is 0.345 e. The van der Waals surface area contributed by atoms with Crippen LogP contribution in [0.5, 0.6) is 0 Å². The summed E-state index contributed by atoms with van der Waals surface area (Å²) in [5.74, 6) is 0.793. The standard InChI is InChI=1S/C12H19NO3/c1-9-4-6-13(7-5-9)8-10-2-3-11(16-10)12(14)15/h2,9,11H,3-8H2,1H3,(H,14,15). The molecule has 0 spiro atoms. The quantitative estimate of drug-likeness (QED) is 0.790. The summed E-state index contributed by atoms with van der Waals surface area (Å²) in [5.41, 5.74) is 0. The second kappa shape index (κ2) is 4.87. The number of carbonyl (C=O) groups is 1. The summed E-state index contributed by atoms with van der Waals surface area (Å²) >= 11 is 0. The number of hydrogen-bond donors (Lipinski definition) is 1. The summed E-state index contributed by atoms with van der Waals surface area (Å²) in [7, 11) is 0. The van der Waals surface area contributed by atoms with Crippen molar-refractivity contribution >= 4 is 5.97 Å². The van der Waals surface area contributed by atoms with Crippen LogP contribution in [-0.2, 0) is 9.53 Å². The molecule has 0 aliphatic carbocycles. The van der Waals surface area contributed by atoms with Crippen molar-refractivity contribution in [3.05, 3.63) is 11.8 Å². The molecule has 0 bridgehead atoms. The van der Waals surface area contributed by atoms with E-state index in [1.54, 1.807) is 0 Å². The van der Waals surface area contributed by atoms with Crippen LogP contribution in [0.3, 0.4) is 0 Å². The van der Waals surface area contributed by atoms with Crippen LogP contribution in [0.15, 0.2) is 11.8 Å². The highest BCUT2D eigenvalue weighted by atomic mass is 16.5. The molecular formula is C12H19NO3. The van der Waals surface area contributed by atoms with Crippen molar-refractivity contribution in [2.24, 2.45) is 5.92 Å². The van der Waals surface area contributed by atoms with Gasteiger partial charge in [-0.05, 0) is 37.9 Å². The first-order valence-corrected chi connectivity index (χ1v) is 5.96. The van der Waals surface area contributed by atoms with Crippen molar-refractivity contribution in [3.8, 4) is 0 Å². The summed E-state index contributed by atoms with van der Waals surface area (Å²) in [4.78, 5) is 13.1. The Morgan fingerprint density at radius 1 is 1.56 bits per heavy atom. The van der Waals surface area contributed by atoms with Crippen LogP contribution < -0.4 is 0 Å². The Bertz CT molecular complexity index is 293. The van der Waals surface area contributed by atoms with Gasteiger partial charge in [-0.3, -0.25) is 4.90 Å². The normalized spacial score (nSPS) is 27.6. The predicted octanol–water partition coefficient (Wildman–Crippen LogP) is 1.48. The molecule has 0 amide bonds. The highest BCUT2D eigenvalue weighted by Gasteiger charge is 2.26. The Kier molecular flexibility index (Phi) is 3.49. The van der Waals surface area contributed by atoms with Crippen LogP contribution in [0.1, 0.15) is 26.2 Å². The first-order valence-electron chi connectivity index (χ1n) is 5.96. The van der Waals surface area contributed by atoms with Crippen LogP contribution in [0.4, 0.5) is 0 Å². The van der Waals surface area contributed by atoms with E-state index in [9.17, 15) is 4.79 Å². The van der Waals surface area contributed by atoms with Crippen LogP contribution in [0, 0.1) is 5.92 Å². The molecule has 1 N–H and O–H groups in total. The molecule has 4 nitrogen and oxygen atoms in total. The highest BCUT2D eigenvalue weighted by molar-refractivity contribution is 5.73. The van der Waals surface area contributed by atoms with Crippen molar-refractivity contribution in [1.29, 1.82) is 0 Å². The number of rotatable bonds is 3. The van der Waals surface area contributed by atoms with Gasteiger partial charge in [0.1, 0.15) is 5.76 Å². The Morgan fingerprint density at radius 2 is 2.25 bits per heavy atom. The predicted molar refractivity (Wildman–Crippen MR) is 60.0 cm³/mol. The topological polar surface area (TPSA) is 49.8 Å². The summed E-state index contributed by atoms with van der Waals surface area (Å²) < 4.78 is 5.37. The summed E-state index contributed by atoms with van der Waals surface area (Å²) in [5, 5.41) is 8.80. The summed E-state index contributed by atoms with van der Waals surface area (Å²) in [6.45, 7) is 5.25. The molecule has 0 aromatic rings. The first kappa shape index (κ1) is 11.5. The molecule has 0 aromatic carbocycles. The monoisotopic (exact) mass is 225 g/mol. The largest absolute Gasteiger partial charge is 0.482 e. The van der Waals surface area contributed by atoms with Gasteiger partial charge in [0, 0.05) is 6.42 Å². The van der Waals surface area contributed by atoms with Gasteiger partial charge in [-0.1, -0.05) is 6.92 Å². The SMILES string of the molecule is CC1CCN(CC2=CCC(C(=O)O)O2)CC1. The molecule has 2 heterocycles. The Morgan fingerprint density at radius 3 is 2.81 bits per heavy atom. The highest BCUT2D eigenvalue weighted by Crippen LogP contribution is 2.21. The molecule has 2 rings (SSSR count). The van der Waals surface area contributed by atoms with E-state index in [0.717, 1.165) is 31.3 Å². The number of carboxylic acids is 1. The van der Waals surface area contributed by atoms with E-state index in [1.807, 2.05) is 6.08 Å². The average molecular weight is 225 g/mol. The summed E-state index contributed by atoms with van der Waals surface area (Å²) in [6.07, 6.45) is 4.23. The summed E-state index contributed by atoms with van der Waals surface area (Å²) in [6, 6.07) is 0. The molecular weight excluding hydrogens is 206 g/mol. The molecule has 0 saturated carbocycles. The van der Waals surface area contributed by atoms with Gasteiger partial charge in [-0.2, -0.15) is 0 Å². The molecule has 1 unspecified atom stereocenters. The third-order valence-corrected chi connectivity index (χ3v) is 3.38. The third-order valence-electron chi connectivity index (χ3n) is 3.38. The smallest absolute Gasteiger partial charge is 0.345 e. The van der Waals surface area contributed by atoms with Gasteiger partial charge in [-0.25, -0.2) is 4.79 Å². The zero-order valence-electron chi connectivity index (χ0n) is 9.69. The van der Waals surface area contributed by atoms with E-state index in [4.69, 9.17) is 9.84 Å². The molecule has 2 aliphatic rings. The maximum atomic E-state index is 10.7. The Labute approximate surface area is 95.9 Å². The van der Waals surface area contributed by atoms with E-state index in [0.29, 0.717) is 6.42 Å². The van der Waals surface area contributed by atoms with Gasteiger partial charge in [-0.15, -0.1) is 0 Å². The Balaban J connectivity index is 1.77. The van der Waals surface area contributed by atoms with Gasteiger partial charge < -0.3 is 9.84 Å². The molecule has 1 fully saturated rings. The van der Waals surface area contributed by atoms with Crippen LogP contribution in [0.2, 0.25) is 0 Å². The van der Waals surface area contributed by atoms with Crippen molar-refractivity contribution in [2.45, 2.75) is 32.3 Å². The third kappa shape index (κ3) is 2.76.